The molecular formula is C23H24FN5O3. The average Bonchev–Trinajstić information content (AvgIpc) is 2.79. The summed E-state index contributed by atoms with van der Waals surface area (Å²) in [5.41, 5.74) is 2.70. The Hall–Kier alpha value is -3.98. The van der Waals surface area contributed by atoms with Crippen LogP contribution in [0.15, 0.2) is 61.3 Å². The van der Waals surface area contributed by atoms with Crippen molar-refractivity contribution < 1.29 is 18.7 Å². The summed E-state index contributed by atoms with van der Waals surface area (Å²) in [7, 11) is 1.61. The smallest absolute Gasteiger partial charge is 0.247 e. The minimum atomic E-state index is -0.616. The van der Waals surface area contributed by atoms with E-state index in [1.54, 1.807) is 49.6 Å². The van der Waals surface area contributed by atoms with Crippen molar-refractivity contribution >= 4 is 34.7 Å². The van der Waals surface area contributed by atoms with Gasteiger partial charge in [-0.2, -0.15) is 4.98 Å². The Bertz CT molecular complexity index is 1090. The third kappa shape index (κ3) is 6.26. The van der Waals surface area contributed by atoms with Gasteiger partial charge in [0, 0.05) is 24.2 Å². The molecule has 1 heterocycles. The summed E-state index contributed by atoms with van der Waals surface area (Å²) in [6, 6.07) is 12.4. The molecule has 0 bridgehead atoms. The van der Waals surface area contributed by atoms with Crippen LogP contribution in [0.4, 0.5) is 33.2 Å². The first kappa shape index (κ1) is 22.7. The number of anilines is 5. The first-order chi connectivity index (χ1) is 15.5. The molecule has 0 atom stereocenters. The Morgan fingerprint density at radius 3 is 2.59 bits per heavy atom. The molecule has 32 heavy (non-hydrogen) atoms. The predicted molar refractivity (Wildman–Crippen MR) is 122 cm³/mol. The van der Waals surface area contributed by atoms with Crippen LogP contribution in [-0.2, 0) is 9.53 Å². The topological polar surface area (TPSA) is 97.4 Å². The number of aryl methyl sites for hydroxylation is 1. The molecule has 0 unspecified atom stereocenters. The van der Waals surface area contributed by atoms with Crippen LogP contribution in [0.1, 0.15) is 5.56 Å². The Morgan fingerprint density at radius 1 is 1.12 bits per heavy atom. The lowest BCUT2D eigenvalue weighted by Crippen LogP contribution is -2.09. The number of rotatable bonds is 10. The van der Waals surface area contributed by atoms with E-state index in [-0.39, 0.29) is 17.7 Å². The zero-order chi connectivity index (χ0) is 22.9. The monoisotopic (exact) mass is 437 g/mol. The van der Waals surface area contributed by atoms with Gasteiger partial charge in [-0.1, -0.05) is 12.6 Å². The van der Waals surface area contributed by atoms with Crippen molar-refractivity contribution in [2.75, 3.05) is 36.3 Å². The molecule has 0 fully saturated rings. The van der Waals surface area contributed by atoms with Gasteiger partial charge in [-0.3, -0.25) is 4.79 Å². The summed E-state index contributed by atoms with van der Waals surface area (Å²) in [4.78, 5) is 19.8. The highest BCUT2D eigenvalue weighted by Crippen LogP contribution is 2.25. The van der Waals surface area contributed by atoms with E-state index in [4.69, 9.17) is 9.47 Å². The van der Waals surface area contributed by atoms with E-state index in [1.165, 1.54) is 6.08 Å². The highest BCUT2D eigenvalue weighted by atomic mass is 19.1. The summed E-state index contributed by atoms with van der Waals surface area (Å²) < 4.78 is 24.8. The summed E-state index contributed by atoms with van der Waals surface area (Å²) in [5, 5.41) is 8.66. The third-order valence-electron chi connectivity index (χ3n) is 4.35. The van der Waals surface area contributed by atoms with Crippen molar-refractivity contribution in [3.63, 3.8) is 0 Å². The Kier molecular flexibility index (Phi) is 7.71. The Morgan fingerprint density at radius 2 is 1.88 bits per heavy atom. The van der Waals surface area contributed by atoms with Gasteiger partial charge in [-0.25, -0.2) is 9.37 Å². The van der Waals surface area contributed by atoms with E-state index in [2.05, 4.69) is 32.5 Å². The average molecular weight is 437 g/mol. The number of carbonyl (C=O) groups excluding carboxylic acids is 1. The standard InChI is InChI=1S/C23H24FN5O3/c1-4-21(30)28-20-13-17(6-5-15(20)2)26-22-19(24)14-25-23(29-22)27-16-7-9-18(10-8-16)32-12-11-31-3/h4-10,13-14H,1,11-12H2,2-3H3,(H,28,30)(H2,25,26,27,29). The van der Waals surface area contributed by atoms with Crippen LogP contribution in [0.25, 0.3) is 0 Å². The fraction of sp³-hybridized carbons (Fsp3) is 0.174. The molecule has 1 amide bonds. The van der Waals surface area contributed by atoms with Gasteiger partial charge in [-0.05, 0) is 55.0 Å². The minimum Gasteiger partial charge on any atom is -0.491 e. The molecule has 0 aliphatic carbocycles. The van der Waals surface area contributed by atoms with Crippen LogP contribution in [0.3, 0.4) is 0 Å². The van der Waals surface area contributed by atoms with Gasteiger partial charge in [0.05, 0.1) is 12.8 Å². The van der Waals surface area contributed by atoms with Crippen LogP contribution in [0.5, 0.6) is 5.75 Å². The molecule has 3 N–H and O–H groups in total. The predicted octanol–water partition coefficient (Wildman–Crippen LogP) is 4.56. The molecule has 0 radical (unpaired) electrons. The number of nitrogens with one attached hydrogen (secondary N) is 3. The van der Waals surface area contributed by atoms with Crippen molar-refractivity contribution in [1.29, 1.82) is 0 Å². The van der Waals surface area contributed by atoms with E-state index in [0.29, 0.717) is 36.0 Å². The molecule has 0 saturated heterocycles. The highest BCUT2D eigenvalue weighted by Gasteiger charge is 2.10. The van der Waals surface area contributed by atoms with Crippen LogP contribution in [0, 0.1) is 12.7 Å². The van der Waals surface area contributed by atoms with Gasteiger partial charge >= 0.3 is 0 Å². The van der Waals surface area contributed by atoms with Crippen molar-refractivity contribution in [2.24, 2.45) is 0 Å². The lowest BCUT2D eigenvalue weighted by molar-refractivity contribution is -0.111. The third-order valence-corrected chi connectivity index (χ3v) is 4.35. The number of aromatic nitrogens is 2. The maximum atomic E-state index is 14.3. The Balaban J connectivity index is 1.71. The number of hydrogen-bond acceptors (Lipinski definition) is 7. The summed E-state index contributed by atoms with van der Waals surface area (Å²) in [6.07, 6.45) is 2.26. The number of methoxy groups -OCH3 is 1. The van der Waals surface area contributed by atoms with E-state index < -0.39 is 5.82 Å². The normalized spacial score (nSPS) is 10.3. The van der Waals surface area contributed by atoms with Crippen molar-refractivity contribution in [3.8, 4) is 5.75 Å². The molecule has 8 nitrogen and oxygen atoms in total. The summed E-state index contributed by atoms with van der Waals surface area (Å²) >= 11 is 0. The number of amides is 1. The van der Waals surface area contributed by atoms with Crippen molar-refractivity contribution in [3.05, 3.63) is 72.7 Å². The van der Waals surface area contributed by atoms with Gasteiger partial charge in [0.1, 0.15) is 12.4 Å². The molecule has 0 aliphatic heterocycles. The molecule has 9 heteroatoms. The van der Waals surface area contributed by atoms with Crippen molar-refractivity contribution in [2.45, 2.75) is 6.92 Å². The lowest BCUT2D eigenvalue weighted by atomic mass is 10.1. The fourth-order valence-corrected chi connectivity index (χ4v) is 2.68. The number of benzene rings is 2. The molecule has 0 aliphatic rings. The Labute approximate surface area is 185 Å². The summed E-state index contributed by atoms with van der Waals surface area (Å²) in [5.74, 6) is -0.0374. The fourth-order valence-electron chi connectivity index (χ4n) is 2.68. The maximum Gasteiger partial charge on any atom is 0.247 e. The number of carbonyl (C=O) groups is 1. The number of halogens is 1. The largest absolute Gasteiger partial charge is 0.491 e. The molecule has 0 spiro atoms. The molecule has 3 aromatic rings. The van der Waals surface area contributed by atoms with E-state index in [1.807, 2.05) is 6.92 Å². The molecule has 166 valence electrons. The quantitative estimate of drug-likeness (QED) is 0.316. The van der Waals surface area contributed by atoms with E-state index >= 15 is 0 Å². The maximum absolute atomic E-state index is 14.3. The zero-order valence-electron chi connectivity index (χ0n) is 17.8. The van der Waals surface area contributed by atoms with Crippen LogP contribution < -0.4 is 20.7 Å². The zero-order valence-corrected chi connectivity index (χ0v) is 17.8. The van der Waals surface area contributed by atoms with Crippen LogP contribution in [0.2, 0.25) is 0 Å². The van der Waals surface area contributed by atoms with Crippen LogP contribution in [-0.4, -0.2) is 36.2 Å². The second kappa shape index (κ2) is 10.9. The molecule has 0 saturated carbocycles. The lowest BCUT2D eigenvalue weighted by Gasteiger charge is -2.12. The molecule has 1 aromatic heterocycles. The van der Waals surface area contributed by atoms with Gasteiger partial charge in [0.15, 0.2) is 11.6 Å². The van der Waals surface area contributed by atoms with E-state index in [0.717, 1.165) is 11.8 Å². The second-order valence-electron chi connectivity index (χ2n) is 6.73. The highest BCUT2D eigenvalue weighted by molar-refractivity contribution is 5.99. The first-order valence-electron chi connectivity index (χ1n) is 9.81. The van der Waals surface area contributed by atoms with Gasteiger partial charge in [0.25, 0.3) is 0 Å². The van der Waals surface area contributed by atoms with Gasteiger partial charge < -0.3 is 25.4 Å². The first-order valence-corrected chi connectivity index (χ1v) is 9.81. The van der Waals surface area contributed by atoms with E-state index in [9.17, 15) is 9.18 Å². The number of nitrogens with zero attached hydrogens (tertiary/aromatic N) is 2. The minimum absolute atomic E-state index is 0.00753. The molecular weight excluding hydrogens is 413 g/mol. The van der Waals surface area contributed by atoms with Crippen molar-refractivity contribution in [1.82, 2.24) is 9.97 Å². The number of hydrogen-bond donors (Lipinski definition) is 3. The molecule has 2 aromatic carbocycles. The summed E-state index contributed by atoms with van der Waals surface area (Å²) in [6.45, 7) is 6.25. The van der Waals surface area contributed by atoms with Gasteiger partial charge in [0.2, 0.25) is 11.9 Å². The number of ether oxygens (including phenoxy) is 2. The molecule has 3 rings (SSSR count). The SMILES string of the molecule is C=CC(=O)Nc1cc(Nc2nc(Nc3ccc(OCCOC)cc3)ncc2F)ccc1C. The second-order valence-corrected chi connectivity index (χ2v) is 6.73. The van der Waals surface area contributed by atoms with Gasteiger partial charge in [-0.15, -0.1) is 0 Å². The van der Waals surface area contributed by atoms with Crippen LogP contribution >= 0.6 is 0 Å².